The van der Waals surface area contributed by atoms with Gasteiger partial charge in [-0.2, -0.15) is 4.72 Å². The summed E-state index contributed by atoms with van der Waals surface area (Å²) in [5, 5.41) is 13.3. The maximum atomic E-state index is 12.3. The van der Waals surface area contributed by atoms with E-state index in [9.17, 15) is 18.0 Å². The Labute approximate surface area is 140 Å². The summed E-state index contributed by atoms with van der Waals surface area (Å²) in [5.41, 5.74) is -0.883. The molecular weight excluding hydrogens is 340 g/mol. The summed E-state index contributed by atoms with van der Waals surface area (Å²) in [4.78, 5) is 23.3. The highest BCUT2D eigenvalue weighted by Crippen LogP contribution is 2.20. The topological polar surface area (TPSA) is 113 Å². The summed E-state index contributed by atoms with van der Waals surface area (Å²) in [5.74, 6) is -1.56. The molecule has 23 heavy (non-hydrogen) atoms. The molecule has 9 heteroatoms. The Kier molecular flexibility index (Phi) is 6.72. The van der Waals surface area contributed by atoms with Gasteiger partial charge in [-0.25, -0.2) is 8.42 Å². The number of rotatable bonds is 9. The second-order valence-electron chi connectivity index (χ2n) is 5.32. The molecule has 0 radical (unpaired) electrons. The number of thiophene rings is 1. The zero-order valence-corrected chi connectivity index (χ0v) is 15.0. The number of sulfonamides is 1. The minimum absolute atomic E-state index is 0.125. The average Bonchev–Trinajstić information content (AvgIpc) is 3.00. The lowest BCUT2D eigenvalue weighted by Crippen LogP contribution is -2.55. The van der Waals surface area contributed by atoms with E-state index in [-0.39, 0.29) is 10.6 Å². The van der Waals surface area contributed by atoms with Gasteiger partial charge in [0.1, 0.15) is 4.21 Å². The molecule has 0 saturated carbocycles. The standard InChI is InChI=1S/C14H22N2O5S2/c1-4-14(5-2,9-11(17)18)15-13(19)10(3)16-23(20,21)12-7-6-8-22-12/h6-8,10,16H,4-5,9H2,1-3H3,(H,15,19)(H,17,18). The quantitative estimate of drug-likeness (QED) is 0.617. The third-order valence-electron chi connectivity index (χ3n) is 3.72. The molecule has 1 aromatic rings. The molecule has 0 aliphatic rings. The number of amides is 1. The maximum absolute atomic E-state index is 12.3. The van der Waals surface area contributed by atoms with Crippen LogP contribution in [-0.4, -0.2) is 37.0 Å². The van der Waals surface area contributed by atoms with Crippen LogP contribution < -0.4 is 10.0 Å². The summed E-state index contributed by atoms with van der Waals surface area (Å²) < 4.78 is 26.7. The van der Waals surface area contributed by atoms with E-state index >= 15 is 0 Å². The highest BCUT2D eigenvalue weighted by molar-refractivity contribution is 7.91. The van der Waals surface area contributed by atoms with Gasteiger partial charge in [0.15, 0.2) is 0 Å². The van der Waals surface area contributed by atoms with Gasteiger partial charge in [-0.05, 0) is 31.2 Å². The lowest BCUT2D eigenvalue weighted by Gasteiger charge is -2.32. The van der Waals surface area contributed by atoms with E-state index in [0.29, 0.717) is 12.8 Å². The largest absolute Gasteiger partial charge is 0.481 e. The Morgan fingerprint density at radius 2 is 1.96 bits per heavy atom. The molecule has 1 atom stereocenters. The smallest absolute Gasteiger partial charge is 0.305 e. The van der Waals surface area contributed by atoms with Gasteiger partial charge in [0.05, 0.1) is 18.0 Å². The van der Waals surface area contributed by atoms with Crippen LogP contribution in [0.3, 0.4) is 0 Å². The van der Waals surface area contributed by atoms with Gasteiger partial charge >= 0.3 is 5.97 Å². The molecule has 0 aliphatic carbocycles. The van der Waals surface area contributed by atoms with E-state index in [1.165, 1.54) is 13.0 Å². The Balaban J connectivity index is 2.81. The lowest BCUT2D eigenvalue weighted by atomic mass is 9.88. The number of aliphatic carboxylic acids is 1. The third kappa shape index (κ3) is 5.29. The number of carbonyl (C=O) groups is 2. The molecule has 1 rings (SSSR count). The number of carboxylic acid groups (broad SMARTS) is 1. The molecule has 1 unspecified atom stereocenters. The summed E-state index contributed by atoms with van der Waals surface area (Å²) in [6.45, 7) is 5.00. The van der Waals surface area contributed by atoms with Gasteiger partial charge in [0.2, 0.25) is 5.91 Å². The van der Waals surface area contributed by atoms with Crippen molar-refractivity contribution in [3.63, 3.8) is 0 Å². The SMILES string of the molecule is CCC(CC)(CC(=O)O)NC(=O)C(C)NS(=O)(=O)c1cccs1. The monoisotopic (exact) mass is 362 g/mol. The van der Waals surface area contributed by atoms with Gasteiger partial charge in [-0.3, -0.25) is 9.59 Å². The van der Waals surface area contributed by atoms with E-state index in [2.05, 4.69) is 10.0 Å². The van der Waals surface area contributed by atoms with Gasteiger partial charge < -0.3 is 10.4 Å². The van der Waals surface area contributed by atoms with Crippen molar-refractivity contribution in [1.82, 2.24) is 10.0 Å². The number of nitrogens with one attached hydrogen (secondary N) is 2. The Morgan fingerprint density at radius 1 is 1.35 bits per heavy atom. The van der Waals surface area contributed by atoms with Crippen molar-refractivity contribution >= 4 is 33.2 Å². The zero-order valence-electron chi connectivity index (χ0n) is 13.3. The second-order valence-corrected chi connectivity index (χ2v) is 8.21. The second kappa shape index (κ2) is 7.89. The highest BCUT2D eigenvalue weighted by Gasteiger charge is 2.33. The minimum Gasteiger partial charge on any atom is -0.481 e. The normalized spacial score (nSPS) is 13.5. The molecule has 7 nitrogen and oxygen atoms in total. The predicted molar refractivity (Wildman–Crippen MR) is 87.8 cm³/mol. The molecule has 3 N–H and O–H groups in total. The van der Waals surface area contributed by atoms with Crippen molar-refractivity contribution in [2.24, 2.45) is 0 Å². The predicted octanol–water partition coefficient (Wildman–Crippen LogP) is 1.56. The first-order valence-electron chi connectivity index (χ1n) is 7.25. The van der Waals surface area contributed by atoms with Crippen LogP contribution >= 0.6 is 11.3 Å². The first kappa shape index (κ1) is 19.6. The molecule has 1 amide bonds. The van der Waals surface area contributed by atoms with Crippen molar-refractivity contribution in [3.8, 4) is 0 Å². The van der Waals surface area contributed by atoms with Crippen molar-refractivity contribution in [2.75, 3.05) is 0 Å². The molecule has 0 aliphatic heterocycles. The Hall–Kier alpha value is -1.45. The molecule has 0 spiro atoms. The molecule has 1 aromatic heterocycles. The lowest BCUT2D eigenvalue weighted by molar-refractivity contribution is -0.139. The van der Waals surface area contributed by atoms with E-state index in [0.717, 1.165) is 11.3 Å². The number of carbonyl (C=O) groups excluding carboxylic acids is 1. The summed E-state index contributed by atoms with van der Waals surface area (Å²) in [6.07, 6.45) is 0.661. The fourth-order valence-corrected chi connectivity index (χ4v) is 4.35. The Bertz CT molecular complexity index is 636. The molecule has 0 aromatic carbocycles. The van der Waals surface area contributed by atoms with Crippen LogP contribution in [0.15, 0.2) is 21.7 Å². The van der Waals surface area contributed by atoms with Crippen LogP contribution in [0.4, 0.5) is 0 Å². The molecule has 0 saturated heterocycles. The third-order valence-corrected chi connectivity index (χ3v) is 6.65. The molecule has 1 heterocycles. The first-order chi connectivity index (χ1) is 10.7. The van der Waals surface area contributed by atoms with Gasteiger partial charge in [-0.15, -0.1) is 11.3 Å². The molecular formula is C14H22N2O5S2. The van der Waals surface area contributed by atoms with Crippen molar-refractivity contribution in [3.05, 3.63) is 17.5 Å². The maximum Gasteiger partial charge on any atom is 0.305 e. The fourth-order valence-electron chi connectivity index (χ4n) is 2.14. The van der Waals surface area contributed by atoms with E-state index in [1.807, 2.05) is 0 Å². The highest BCUT2D eigenvalue weighted by atomic mass is 32.2. The van der Waals surface area contributed by atoms with Crippen LogP contribution in [0.1, 0.15) is 40.0 Å². The fraction of sp³-hybridized carbons (Fsp3) is 0.571. The van der Waals surface area contributed by atoms with Crippen molar-refractivity contribution < 1.29 is 23.1 Å². The van der Waals surface area contributed by atoms with Crippen LogP contribution in [0.5, 0.6) is 0 Å². The average molecular weight is 362 g/mol. The minimum atomic E-state index is -3.76. The van der Waals surface area contributed by atoms with Crippen LogP contribution in [-0.2, 0) is 19.6 Å². The van der Waals surface area contributed by atoms with Crippen LogP contribution in [0.2, 0.25) is 0 Å². The van der Waals surface area contributed by atoms with E-state index in [1.54, 1.807) is 25.3 Å². The van der Waals surface area contributed by atoms with Gasteiger partial charge in [-0.1, -0.05) is 19.9 Å². The van der Waals surface area contributed by atoms with Gasteiger partial charge in [0.25, 0.3) is 10.0 Å². The first-order valence-corrected chi connectivity index (χ1v) is 9.61. The summed E-state index contributed by atoms with van der Waals surface area (Å²) in [6, 6.07) is 2.05. The van der Waals surface area contributed by atoms with Crippen molar-refractivity contribution in [1.29, 1.82) is 0 Å². The molecule has 0 fully saturated rings. The van der Waals surface area contributed by atoms with Crippen molar-refractivity contribution in [2.45, 2.75) is 55.8 Å². The van der Waals surface area contributed by atoms with E-state index < -0.39 is 33.5 Å². The number of hydrogen-bond acceptors (Lipinski definition) is 5. The van der Waals surface area contributed by atoms with Crippen LogP contribution in [0.25, 0.3) is 0 Å². The summed E-state index contributed by atoms with van der Waals surface area (Å²) in [7, 11) is -3.76. The number of carboxylic acids is 1. The molecule has 130 valence electrons. The molecule has 0 bridgehead atoms. The van der Waals surface area contributed by atoms with E-state index in [4.69, 9.17) is 5.11 Å². The van der Waals surface area contributed by atoms with Crippen LogP contribution in [0, 0.1) is 0 Å². The van der Waals surface area contributed by atoms with Gasteiger partial charge in [0, 0.05) is 0 Å². The zero-order chi connectivity index (χ0) is 17.7. The Morgan fingerprint density at radius 3 is 2.39 bits per heavy atom. The summed E-state index contributed by atoms with van der Waals surface area (Å²) >= 11 is 1.05. The number of hydrogen-bond donors (Lipinski definition) is 3.